The Morgan fingerprint density at radius 1 is 0.341 bits per heavy atom. The van der Waals surface area contributed by atoms with Gasteiger partial charge >= 0.3 is 33.6 Å². The number of esters is 3. The van der Waals surface area contributed by atoms with Crippen LogP contribution in [0.25, 0.3) is 0 Å². The maximum Gasteiger partial charge on any atom is 0.472 e. The lowest BCUT2D eigenvalue weighted by molar-refractivity contribution is -0.161. The van der Waals surface area contributed by atoms with Gasteiger partial charge in [0.05, 0.1) is 26.4 Å². The number of ether oxygens (including phenoxy) is 3. The van der Waals surface area contributed by atoms with Gasteiger partial charge in [-0.15, -0.1) is 0 Å². The molecular formula is C67H116O16P2. The van der Waals surface area contributed by atoms with Crippen molar-refractivity contribution < 1.29 is 75.8 Å². The van der Waals surface area contributed by atoms with Gasteiger partial charge in [-0.2, -0.15) is 0 Å². The van der Waals surface area contributed by atoms with Gasteiger partial charge in [0.2, 0.25) is 0 Å². The minimum absolute atomic E-state index is 0.0913. The summed E-state index contributed by atoms with van der Waals surface area (Å²) in [6.07, 6.45) is 64.6. The zero-order chi connectivity index (χ0) is 62.4. The number of hydrogen-bond acceptors (Lipinski definition) is 14. The van der Waals surface area contributed by atoms with E-state index in [4.69, 9.17) is 32.3 Å². The van der Waals surface area contributed by atoms with Crippen LogP contribution in [0.2, 0.25) is 0 Å². The molecule has 0 aromatic carbocycles. The van der Waals surface area contributed by atoms with Crippen LogP contribution in [0.15, 0.2) is 97.2 Å². The molecule has 85 heavy (non-hydrogen) atoms. The Balaban J connectivity index is 4.67. The topological polar surface area (TPSA) is 231 Å². The number of carbonyl (C=O) groups is 3. The fraction of sp³-hybridized carbons (Fsp3) is 0.716. The molecule has 5 atom stereocenters. The third kappa shape index (κ3) is 61.9. The molecule has 0 heterocycles. The maximum absolute atomic E-state index is 12.9. The lowest BCUT2D eigenvalue weighted by Crippen LogP contribution is -2.30. The number of hydrogen-bond donors (Lipinski definition) is 4. The smallest absolute Gasteiger partial charge is 0.463 e. The normalized spacial score (nSPS) is 15.0. The Bertz CT molecular complexity index is 1940. The average molecular weight is 1240 g/mol. The monoisotopic (exact) mass is 1240 g/mol. The number of aliphatic hydroxyl groups excluding tert-OH is 2. The summed E-state index contributed by atoms with van der Waals surface area (Å²) in [5.41, 5.74) is 0. The van der Waals surface area contributed by atoms with Crippen molar-refractivity contribution in [2.45, 2.75) is 270 Å². The molecule has 18 heteroatoms. The molecule has 0 spiro atoms. The molecule has 0 radical (unpaired) electrons. The molecule has 0 aliphatic heterocycles. The fourth-order valence-corrected chi connectivity index (χ4v) is 9.92. The van der Waals surface area contributed by atoms with E-state index in [9.17, 15) is 43.5 Å². The molecule has 490 valence electrons. The highest BCUT2D eigenvalue weighted by molar-refractivity contribution is 7.47. The van der Waals surface area contributed by atoms with Crippen LogP contribution in [-0.2, 0) is 55.8 Å². The summed E-state index contributed by atoms with van der Waals surface area (Å²) >= 11 is 0. The minimum Gasteiger partial charge on any atom is -0.463 e. The Morgan fingerprint density at radius 3 is 1.00 bits per heavy atom. The van der Waals surface area contributed by atoms with Crippen LogP contribution < -0.4 is 0 Å². The van der Waals surface area contributed by atoms with Gasteiger partial charge in [-0.05, 0) is 116 Å². The zero-order valence-electron chi connectivity index (χ0n) is 52.8. The lowest BCUT2D eigenvalue weighted by Gasteiger charge is -2.21. The second-order valence-electron chi connectivity index (χ2n) is 21.5. The number of phosphoric acid groups is 2. The maximum atomic E-state index is 12.9. The van der Waals surface area contributed by atoms with Crippen molar-refractivity contribution in [2.75, 3.05) is 39.6 Å². The number of unbranched alkanes of at least 4 members (excludes halogenated alkanes) is 22. The van der Waals surface area contributed by atoms with E-state index >= 15 is 0 Å². The van der Waals surface area contributed by atoms with E-state index in [1.54, 1.807) is 0 Å². The minimum atomic E-state index is -4.92. The largest absolute Gasteiger partial charge is 0.472 e. The van der Waals surface area contributed by atoms with Crippen molar-refractivity contribution in [2.24, 2.45) is 0 Å². The van der Waals surface area contributed by atoms with Gasteiger partial charge in [-0.25, -0.2) is 9.13 Å². The van der Waals surface area contributed by atoms with Crippen LogP contribution in [0.1, 0.15) is 252 Å². The summed E-state index contributed by atoms with van der Waals surface area (Å²) < 4.78 is 60.8. The van der Waals surface area contributed by atoms with Gasteiger partial charge in [0.25, 0.3) is 0 Å². The van der Waals surface area contributed by atoms with E-state index in [0.717, 1.165) is 167 Å². The molecule has 0 bridgehead atoms. The summed E-state index contributed by atoms with van der Waals surface area (Å²) in [7, 11) is -9.78. The number of allylic oxidation sites excluding steroid dienone is 16. The van der Waals surface area contributed by atoms with Gasteiger partial charge in [0.15, 0.2) is 6.10 Å². The molecule has 0 fully saturated rings. The van der Waals surface area contributed by atoms with Gasteiger partial charge in [-0.1, -0.05) is 214 Å². The number of phosphoric ester groups is 2. The van der Waals surface area contributed by atoms with Crippen LogP contribution in [0.4, 0.5) is 0 Å². The van der Waals surface area contributed by atoms with Crippen molar-refractivity contribution in [3.8, 4) is 0 Å². The highest BCUT2D eigenvalue weighted by atomic mass is 31.2. The molecule has 0 rings (SSSR count). The molecule has 0 aromatic rings. The molecule has 0 aromatic heterocycles. The van der Waals surface area contributed by atoms with Crippen molar-refractivity contribution in [1.29, 1.82) is 0 Å². The first-order valence-electron chi connectivity index (χ1n) is 32.5. The number of rotatable bonds is 61. The molecule has 5 unspecified atom stereocenters. The number of carbonyl (C=O) groups excluding carboxylic acids is 3. The number of aliphatic hydroxyl groups is 2. The van der Waals surface area contributed by atoms with Gasteiger partial charge in [0, 0.05) is 19.3 Å². The predicted molar refractivity (Wildman–Crippen MR) is 344 cm³/mol. The second kappa shape index (κ2) is 60.7. The van der Waals surface area contributed by atoms with Crippen molar-refractivity contribution in [3.05, 3.63) is 97.2 Å². The first-order valence-corrected chi connectivity index (χ1v) is 35.5. The molecular weight excluding hydrogens is 1120 g/mol. The predicted octanol–water partition coefficient (Wildman–Crippen LogP) is 17.5. The standard InChI is InChI=1S/C67H116O16P2/c1-4-7-10-13-16-19-22-25-27-29-30-32-34-36-38-41-44-47-50-53-65(70)77-56-62(68)57-79-84(73,74)80-58-63(69)59-81-85(75,76)82-61-64(83-67(72)55-52-49-46-43-40-35-24-21-18-15-12-9-6-3)60-78-66(71)54-51-48-45-42-39-37-33-31-28-26-23-20-17-14-11-8-5-2/h7-8,10-11,16-17,19-21,24-28,30,32,62-64,68-69H,4-6,9,12-15,18,22-23,29,31,33-61H2,1-3H3,(H,73,74)(H,75,76)/b10-7-,11-8-,19-16-,20-17-,24-21-,27-25-,28-26-,32-30-. The van der Waals surface area contributed by atoms with E-state index in [2.05, 4.69) is 118 Å². The van der Waals surface area contributed by atoms with E-state index in [-0.39, 0.29) is 19.3 Å². The van der Waals surface area contributed by atoms with Crippen LogP contribution >= 0.6 is 15.6 Å². The van der Waals surface area contributed by atoms with Crippen LogP contribution in [0.3, 0.4) is 0 Å². The van der Waals surface area contributed by atoms with Crippen LogP contribution in [-0.4, -0.2) is 95.9 Å². The highest BCUT2D eigenvalue weighted by Crippen LogP contribution is 2.45. The van der Waals surface area contributed by atoms with E-state index in [1.807, 2.05) is 0 Å². The first kappa shape index (κ1) is 81.5. The lowest BCUT2D eigenvalue weighted by atomic mass is 10.1. The van der Waals surface area contributed by atoms with Crippen molar-refractivity contribution in [3.63, 3.8) is 0 Å². The summed E-state index contributed by atoms with van der Waals surface area (Å²) in [5.74, 6) is -1.61. The summed E-state index contributed by atoms with van der Waals surface area (Å²) in [4.78, 5) is 58.2. The first-order chi connectivity index (χ1) is 41.2. The van der Waals surface area contributed by atoms with E-state index in [1.165, 1.54) is 25.7 Å². The Morgan fingerprint density at radius 2 is 0.624 bits per heavy atom. The van der Waals surface area contributed by atoms with Crippen molar-refractivity contribution in [1.82, 2.24) is 0 Å². The van der Waals surface area contributed by atoms with Gasteiger partial charge < -0.3 is 34.2 Å². The highest BCUT2D eigenvalue weighted by Gasteiger charge is 2.29. The zero-order valence-corrected chi connectivity index (χ0v) is 54.5. The Hall–Kier alpha value is -3.53. The van der Waals surface area contributed by atoms with Crippen molar-refractivity contribution >= 4 is 33.6 Å². The molecule has 0 aliphatic rings. The molecule has 16 nitrogen and oxygen atoms in total. The third-order valence-corrected chi connectivity index (χ3v) is 15.2. The summed E-state index contributed by atoms with van der Waals surface area (Å²) in [5, 5.41) is 20.5. The molecule has 0 aliphatic carbocycles. The van der Waals surface area contributed by atoms with Gasteiger partial charge in [0.1, 0.15) is 25.4 Å². The molecule has 4 N–H and O–H groups in total. The Labute approximate surface area is 514 Å². The fourth-order valence-electron chi connectivity index (χ4n) is 8.33. The summed E-state index contributed by atoms with van der Waals surface area (Å²) in [6.45, 7) is 2.38. The van der Waals surface area contributed by atoms with Gasteiger partial charge in [-0.3, -0.25) is 32.5 Å². The van der Waals surface area contributed by atoms with E-state index in [0.29, 0.717) is 19.3 Å². The molecule has 0 amide bonds. The molecule has 0 saturated carbocycles. The average Bonchev–Trinajstić information content (AvgIpc) is 3.51. The quantitative estimate of drug-likeness (QED) is 0.0146. The molecule has 0 saturated heterocycles. The van der Waals surface area contributed by atoms with E-state index < -0.39 is 91.5 Å². The third-order valence-electron chi connectivity index (χ3n) is 13.3. The van der Waals surface area contributed by atoms with Crippen LogP contribution in [0, 0.1) is 0 Å². The van der Waals surface area contributed by atoms with Crippen LogP contribution in [0.5, 0.6) is 0 Å². The summed E-state index contributed by atoms with van der Waals surface area (Å²) in [6, 6.07) is 0. The SMILES string of the molecule is CC/C=C\C/C=C\C/C=C\C/C=C\CCCCCCCCC(=O)OCC(O)COP(=O)(O)OCC(O)COP(=O)(O)OCC(COC(=O)CCCCCCCCC/C=C\C/C=C\C/C=C\CC)OC(=O)CCCCCCC/C=C\CCCCCC. The Kier molecular flexibility index (Phi) is 58.2. The second-order valence-corrected chi connectivity index (χ2v) is 24.4.